The second-order valence-electron chi connectivity index (χ2n) is 3.35. The highest BCUT2D eigenvalue weighted by atomic mass is 16.2. The van der Waals surface area contributed by atoms with Gasteiger partial charge < -0.3 is 16.4 Å². The maximum Gasteiger partial charge on any atom is 0.312 e. The third-order valence-corrected chi connectivity index (χ3v) is 2.04. The molecule has 1 aromatic rings. The number of rotatable bonds is 5. The fourth-order valence-electron chi connectivity index (χ4n) is 1.22. The SMILES string of the molecule is CC(=O)c1ccc(NCCNC(N)=O)cc1. The first kappa shape index (κ1) is 12.0. The van der Waals surface area contributed by atoms with Gasteiger partial charge in [0.2, 0.25) is 0 Å². The Morgan fingerprint density at radius 3 is 2.31 bits per heavy atom. The summed E-state index contributed by atoms with van der Waals surface area (Å²) in [5.41, 5.74) is 6.49. The number of primary amides is 1. The van der Waals surface area contributed by atoms with Gasteiger partial charge in [0.15, 0.2) is 5.78 Å². The molecule has 5 heteroatoms. The van der Waals surface area contributed by atoms with Gasteiger partial charge in [-0.1, -0.05) is 0 Å². The molecule has 0 atom stereocenters. The fourth-order valence-corrected chi connectivity index (χ4v) is 1.22. The lowest BCUT2D eigenvalue weighted by Gasteiger charge is -2.06. The number of hydrogen-bond acceptors (Lipinski definition) is 3. The van der Waals surface area contributed by atoms with E-state index >= 15 is 0 Å². The summed E-state index contributed by atoms with van der Waals surface area (Å²) in [6.07, 6.45) is 0. The highest BCUT2D eigenvalue weighted by Gasteiger charge is 1.98. The van der Waals surface area contributed by atoms with Crippen molar-refractivity contribution in [2.24, 2.45) is 5.73 Å². The van der Waals surface area contributed by atoms with Crippen molar-refractivity contribution in [3.63, 3.8) is 0 Å². The van der Waals surface area contributed by atoms with Crippen LogP contribution in [0.5, 0.6) is 0 Å². The number of amides is 2. The van der Waals surface area contributed by atoms with Gasteiger partial charge in [0, 0.05) is 24.3 Å². The van der Waals surface area contributed by atoms with E-state index in [0.717, 1.165) is 5.69 Å². The molecule has 2 amide bonds. The predicted octanol–water partition coefficient (Wildman–Crippen LogP) is 0.969. The molecule has 0 saturated heterocycles. The van der Waals surface area contributed by atoms with Gasteiger partial charge in [0.05, 0.1) is 0 Å². The van der Waals surface area contributed by atoms with Crippen molar-refractivity contribution in [2.45, 2.75) is 6.92 Å². The lowest BCUT2D eigenvalue weighted by Crippen LogP contribution is -2.33. The smallest absolute Gasteiger partial charge is 0.312 e. The third kappa shape index (κ3) is 4.00. The van der Waals surface area contributed by atoms with E-state index in [2.05, 4.69) is 10.6 Å². The number of benzene rings is 1. The molecule has 0 aliphatic heterocycles. The van der Waals surface area contributed by atoms with E-state index < -0.39 is 6.03 Å². The zero-order valence-corrected chi connectivity index (χ0v) is 9.12. The Morgan fingerprint density at radius 1 is 1.19 bits per heavy atom. The van der Waals surface area contributed by atoms with Crippen LogP contribution in [0.4, 0.5) is 10.5 Å². The maximum absolute atomic E-state index is 11.0. The minimum Gasteiger partial charge on any atom is -0.383 e. The van der Waals surface area contributed by atoms with Crippen LogP contribution in [0.25, 0.3) is 0 Å². The molecule has 86 valence electrons. The number of nitrogens with two attached hydrogens (primary N) is 1. The molecule has 4 N–H and O–H groups in total. The van der Waals surface area contributed by atoms with Crippen LogP contribution in [-0.4, -0.2) is 24.9 Å². The molecule has 0 saturated carbocycles. The Kier molecular flexibility index (Phi) is 4.32. The third-order valence-electron chi connectivity index (χ3n) is 2.04. The molecule has 0 fully saturated rings. The molecular weight excluding hydrogens is 206 g/mol. The number of anilines is 1. The van der Waals surface area contributed by atoms with Gasteiger partial charge in [-0.2, -0.15) is 0 Å². The zero-order chi connectivity index (χ0) is 12.0. The first-order valence-corrected chi connectivity index (χ1v) is 4.98. The van der Waals surface area contributed by atoms with Crippen LogP contribution in [0.1, 0.15) is 17.3 Å². The van der Waals surface area contributed by atoms with Gasteiger partial charge in [-0.3, -0.25) is 4.79 Å². The second kappa shape index (κ2) is 5.75. The Bertz CT molecular complexity index is 373. The van der Waals surface area contributed by atoms with Gasteiger partial charge >= 0.3 is 6.03 Å². The summed E-state index contributed by atoms with van der Waals surface area (Å²) in [5.74, 6) is 0.0435. The number of hydrogen-bond donors (Lipinski definition) is 3. The first-order chi connectivity index (χ1) is 7.59. The van der Waals surface area contributed by atoms with Gasteiger partial charge in [-0.05, 0) is 31.2 Å². The Labute approximate surface area is 94.0 Å². The van der Waals surface area contributed by atoms with Crippen LogP contribution in [0.3, 0.4) is 0 Å². The van der Waals surface area contributed by atoms with Crippen molar-refractivity contribution < 1.29 is 9.59 Å². The zero-order valence-electron chi connectivity index (χ0n) is 9.12. The first-order valence-electron chi connectivity index (χ1n) is 4.98. The van der Waals surface area contributed by atoms with Crippen molar-refractivity contribution in [1.82, 2.24) is 5.32 Å². The number of Topliss-reactive ketones (excluding diaryl/α,β-unsaturated/α-hetero) is 1. The standard InChI is InChI=1S/C11H15N3O2/c1-8(15)9-2-4-10(5-3-9)13-6-7-14-11(12)16/h2-5,13H,6-7H2,1H3,(H3,12,14,16). The Balaban J connectivity index is 2.38. The van der Waals surface area contributed by atoms with Crippen LogP contribution >= 0.6 is 0 Å². The largest absolute Gasteiger partial charge is 0.383 e. The molecule has 5 nitrogen and oxygen atoms in total. The molecule has 0 aliphatic carbocycles. The van der Waals surface area contributed by atoms with E-state index in [1.54, 1.807) is 12.1 Å². The molecule has 0 spiro atoms. The quantitative estimate of drug-likeness (QED) is 0.511. The lowest BCUT2D eigenvalue weighted by molar-refractivity contribution is 0.101. The van der Waals surface area contributed by atoms with E-state index in [-0.39, 0.29) is 5.78 Å². The summed E-state index contributed by atoms with van der Waals surface area (Å²) in [7, 11) is 0. The summed E-state index contributed by atoms with van der Waals surface area (Å²) in [6, 6.07) is 6.62. The lowest BCUT2D eigenvalue weighted by atomic mass is 10.1. The summed E-state index contributed by atoms with van der Waals surface area (Å²) in [6.45, 7) is 2.57. The Hall–Kier alpha value is -2.04. The molecule has 16 heavy (non-hydrogen) atoms. The van der Waals surface area contributed by atoms with Gasteiger partial charge in [0.25, 0.3) is 0 Å². The average molecular weight is 221 g/mol. The van der Waals surface area contributed by atoms with Crippen molar-refractivity contribution in [3.8, 4) is 0 Å². The number of urea groups is 1. The van der Waals surface area contributed by atoms with E-state index in [9.17, 15) is 9.59 Å². The summed E-state index contributed by atoms with van der Waals surface area (Å²) >= 11 is 0. The van der Waals surface area contributed by atoms with Crippen molar-refractivity contribution in [2.75, 3.05) is 18.4 Å². The van der Waals surface area contributed by atoms with Crippen LogP contribution in [0.15, 0.2) is 24.3 Å². The van der Waals surface area contributed by atoms with Crippen LogP contribution in [-0.2, 0) is 0 Å². The van der Waals surface area contributed by atoms with E-state index in [4.69, 9.17) is 5.73 Å². The molecule has 0 unspecified atom stereocenters. The van der Waals surface area contributed by atoms with Crippen molar-refractivity contribution >= 4 is 17.5 Å². The fraction of sp³-hybridized carbons (Fsp3) is 0.273. The minimum atomic E-state index is -0.534. The van der Waals surface area contributed by atoms with E-state index in [1.165, 1.54) is 6.92 Å². The molecule has 0 bridgehead atoms. The minimum absolute atomic E-state index is 0.0435. The molecule has 1 rings (SSSR count). The average Bonchev–Trinajstić information content (AvgIpc) is 2.25. The molecular formula is C11H15N3O2. The molecule has 0 radical (unpaired) electrons. The number of nitrogens with one attached hydrogen (secondary N) is 2. The second-order valence-corrected chi connectivity index (χ2v) is 3.35. The highest BCUT2D eigenvalue weighted by molar-refractivity contribution is 5.94. The highest BCUT2D eigenvalue weighted by Crippen LogP contribution is 2.09. The van der Waals surface area contributed by atoms with E-state index in [1.807, 2.05) is 12.1 Å². The van der Waals surface area contributed by atoms with Gasteiger partial charge in [-0.25, -0.2) is 4.79 Å². The Morgan fingerprint density at radius 2 is 1.81 bits per heavy atom. The van der Waals surface area contributed by atoms with Gasteiger partial charge in [-0.15, -0.1) is 0 Å². The molecule has 1 aromatic carbocycles. The van der Waals surface area contributed by atoms with Crippen LogP contribution in [0, 0.1) is 0 Å². The number of carbonyl (C=O) groups excluding carboxylic acids is 2. The van der Waals surface area contributed by atoms with Crippen molar-refractivity contribution in [3.05, 3.63) is 29.8 Å². The predicted molar refractivity (Wildman–Crippen MR) is 62.5 cm³/mol. The summed E-state index contributed by atoms with van der Waals surface area (Å²) < 4.78 is 0. The monoisotopic (exact) mass is 221 g/mol. The van der Waals surface area contributed by atoms with Gasteiger partial charge in [0.1, 0.15) is 0 Å². The topological polar surface area (TPSA) is 84.2 Å². The molecule has 0 aromatic heterocycles. The summed E-state index contributed by atoms with van der Waals surface area (Å²) in [5, 5.41) is 5.55. The van der Waals surface area contributed by atoms with E-state index in [0.29, 0.717) is 18.7 Å². The number of carbonyl (C=O) groups is 2. The maximum atomic E-state index is 11.0. The summed E-state index contributed by atoms with van der Waals surface area (Å²) in [4.78, 5) is 21.4. The van der Waals surface area contributed by atoms with Crippen LogP contribution < -0.4 is 16.4 Å². The van der Waals surface area contributed by atoms with Crippen molar-refractivity contribution in [1.29, 1.82) is 0 Å². The molecule has 0 heterocycles. The number of ketones is 1. The molecule has 0 aliphatic rings. The van der Waals surface area contributed by atoms with Crippen LogP contribution in [0.2, 0.25) is 0 Å². The normalized spacial score (nSPS) is 9.56.